The lowest BCUT2D eigenvalue weighted by Gasteiger charge is -2.26. The van der Waals surface area contributed by atoms with Crippen molar-refractivity contribution in [3.05, 3.63) is 64.5 Å². The fraction of sp³-hybridized carbons (Fsp3) is 0.200. The number of hydrogen-bond donors (Lipinski definition) is 1. The Balaban J connectivity index is 1.53. The van der Waals surface area contributed by atoms with E-state index in [1.54, 1.807) is 23.1 Å². The van der Waals surface area contributed by atoms with E-state index in [1.807, 2.05) is 6.07 Å². The Labute approximate surface area is 163 Å². The van der Waals surface area contributed by atoms with E-state index in [1.165, 1.54) is 17.4 Å². The van der Waals surface area contributed by atoms with Gasteiger partial charge in [0.25, 0.3) is 11.8 Å². The average molecular weight is 402 g/mol. The number of rotatable bonds is 3. The number of hydrogen-bond acceptors (Lipinski definition) is 4. The second-order valence-corrected chi connectivity index (χ2v) is 7.43. The van der Waals surface area contributed by atoms with Crippen molar-refractivity contribution in [1.29, 1.82) is 0 Å². The molecule has 0 unspecified atom stereocenters. The van der Waals surface area contributed by atoms with E-state index in [2.05, 4.69) is 5.32 Å². The SMILES string of the molecule is O=C(Nc1ccc2sc(C(=O)N3CCOCC3)cc2c1)c1ccc(F)c(F)c1. The average Bonchev–Trinajstić information content (AvgIpc) is 3.13. The summed E-state index contributed by atoms with van der Waals surface area (Å²) < 4.78 is 32.5. The Morgan fingerprint density at radius 2 is 1.79 bits per heavy atom. The standard InChI is InChI=1S/C20H16F2N2O3S/c21-15-3-1-12(10-16(15)22)19(25)23-14-2-4-17-13(9-14)11-18(28-17)20(26)24-5-7-27-8-6-24/h1-4,9-11H,5-8H2,(H,23,25). The Morgan fingerprint density at radius 1 is 1.00 bits per heavy atom. The molecule has 1 fully saturated rings. The Bertz CT molecular complexity index is 1060. The molecule has 5 nitrogen and oxygen atoms in total. The van der Waals surface area contributed by atoms with E-state index < -0.39 is 17.5 Å². The van der Waals surface area contributed by atoms with Crippen molar-refractivity contribution in [2.75, 3.05) is 31.6 Å². The molecular formula is C20H16F2N2O3S. The highest BCUT2D eigenvalue weighted by atomic mass is 32.1. The van der Waals surface area contributed by atoms with Crippen molar-refractivity contribution in [3.8, 4) is 0 Å². The summed E-state index contributed by atoms with van der Waals surface area (Å²) in [5.41, 5.74) is 0.526. The van der Waals surface area contributed by atoms with Crippen molar-refractivity contribution < 1.29 is 23.1 Å². The number of carbonyl (C=O) groups is 2. The highest BCUT2D eigenvalue weighted by Gasteiger charge is 2.20. The number of carbonyl (C=O) groups excluding carboxylic acids is 2. The first-order valence-electron chi connectivity index (χ1n) is 8.68. The quantitative estimate of drug-likeness (QED) is 0.723. The lowest BCUT2D eigenvalue weighted by molar-refractivity contribution is 0.0306. The summed E-state index contributed by atoms with van der Waals surface area (Å²) in [6.45, 7) is 2.22. The summed E-state index contributed by atoms with van der Waals surface area (Å²) in [6, 6.07) is 10.1. The summed E-state index contributed by atoms with van der Waals surface area (Å²) in [5.74, 6) is -2.66. The smallest absolute Gasteiger partial charge is 0.264 e. The van der Waals surface area contributed by atoms with Gasteiger partial charge in [-0.05, 0) is 47.9 Å². The van der Waals surface area contributed by atoms with E-state index in [9.17, 15) is 18.4 Å². The van der Waals surface area contributed by atoms with Crippen LogP contribution in [0.1, 0.15) is 20.0 Å². The molecule has 0 spiro atoms. The number of nitrogens with one attached hydrogen (secondary N) is 1. The van der Waals surface area contributed by atoms with Crippen LogP contribution in [0.2, 0.25) is 0 Å². The third-order valence-electron chi connectivity index (χ3n) is 4.47. The van der Waals surface area contributed by atoms with Gasteiger partial charge in [0.15, 0.2) is 11.6 Å². The van der Waals surface area contributed by atoms with Gasteiger partial charge in [-0.3, -0.25) is 9.59 Å². The van der Waals surface area contributed by atoms with Crippen molar-refractivity contribution >= 4 is 38.9 Å². The highest BCUT2D eigenvalue weighted by Crippen LogP contribution is 2.29. The summed E-state index contributed by atoms with van der Waals surface area (Å²) in [4.78, 5) is 27.3. The van der Waals surface area contributed by atoms with E-state index in [-0.39, 0.29) is 11.5 Å². The lowest BCUT2D eigenvalue weighted by Crippen LogP contribution is -2.40. The molecule has 1 aliphatic heterocycles. The number of fused-ring (bicyclic) bond motifs is 1. The van der Waals surface area contributed by atoms with E-state index >= 15 is 0 Å². The first-order valence-corrected chi connectivity index (χ1v) is 9.50. The van der Waals surface area contributed by atoms with Gasteiger partial charge in [-0.15, -0.1) is 11.3 Å². The van der Waals surface area contributed by atoms with Crippen LogP contribution in [0.3, 0.4) is 0 Å². The zero-order valence-corrected chi connectivity index (χ0v) is 15.5. The number of anilines is 1. The Kier molecular flexibility index (Phi) is 5.06. The molecule has 0 aliphatic carbocycles. The summed E-state index contributed by atoms with van der Waals surface area (Å²) >= 11 is 1.39. The number of thiophene rings is 1. The van der Waals surface area contributed by atoms with Crippen molar-refractivity contribution in [3.63, 3.8) is 0 Å². The molecule has 8 heteroatoms. The summed E-state index contributed by atoms with van der Waals surface area (Å²) in [5, 5.41) is 3.49. The predicted molar refractivity (Wildman–Crippen MR) is 103 cm³/mol. The van der Waals surface area contributed by atoms with Crippen molar-refractivity contribution in [2.24, 2.45) is 0 Å². The van der Waals surface area contributed by atoms with Crippen LogP contribution >= 0.6 is 11.3 Å². The van der Waals surface area contributed by atoms with Crippen LogP contribution in [-0.4, -0.2) is 43.0 Å². The largest absolute Gasteiger partial charge is 0.378 e. The molecule has 2 heterocycles. The highest BCUT2D eigenvalue weighted by molar-refractivity contribution is 7.20. The van der Waals surface area contributed by atoms with Gasteiger partial charge < -0.3 is 15.0 Å². The third-order valence-corrected chi connectivity index (χ3v) is 5.57. The molecular weight excluding hydrogens is 386 g/mol. The predicted octanol–water partition coefficient (Wildman–Crippen LogP) is 3.90. The van der Waals surface area contributed by atoms with Crippen LogP contribution < -0.4 is 5.32 Å². The molecule has 1 saturated heterocycles. The maximum Gasteiger partial charge on any atom is 0.264 e. The summed E-state index contributed by atoms with van der Waals surface area (Å²) in [6.07, 6.45) is 0. The maximum absolute atomic E-state index is 13.3. The zero-order valence-electron chi connectivity index (χ0n) is 14.7. The molecule has 0 radical (unpaired) electrons. The van der Waals surface area contributed by atoms with Crippen LogP contribution in [0.4, 0.5) is 14.5 Å². The maximum atomic E-state index is 13.3. The normalized spacial score (nSPS) is 14.3. The molecule has 1 aromatic heterocycles. The molecule has 3 aromatic rings. The minimum absolute atomic E-state index is 0.0208. The van der Waals surface area contributed by atoms with Gasteiger partial charge in [0.1, 0.15) is 0 Å². The number of ether oxygens (including phenoxy) is 1. The van der Waals surface area contributed by atoms with Crippen LogP contribution in [-0.2, 0) is 4.74 Å². The van der Waals surface area contributed by atoms with Gasteiger partial charge in [0.2, 0.25) is 0 Å². The molecule has 0 bridgehead atoms. The fourth-order valence-corrected chi connectivity index (χ4v) is 4.00. The minimum atomic E-state index is -1.08. The first-order chi connectivity index (χ1) is 13.5. The van der Waals surface area contributed by atoms with Gasteiger partial charge in [-0.25, -0.2) is 8.78 Å². The molecule has 28 heavy (non-hydrogen) atoms. The fourth-order valence-electron chi connectivity index (χ4n) is 2.99. The van der Waals surface area contributed by atoms with Gasteiger partial charge in [0, 0.05) is 29.0 Å². The van der Waals surface area contributed by atoms with E-state index in [0.29, 0.717) is 36.9 Å². The van der Waals surface area contributed by atoms with Crippen LogP contribution in [0.15, 0.2) is 42.5 Å². The van der Waals surface area contributed by atoms with Crippen LogP contribution in [0.5, 0.6) is 0 Å². The Morgan fingerprint density at radius 3 is 2.54 bits per heavy atom. The molecule has 2 amide bonds. The van der Waals surface area contributed by atoms with Crippen LogP contribution in [0, 0.1) is 11.6 Å². The number of amides is 2. The number of benzene rings is 2. The molecule has 0 saturated carbocycles. The topological polar surface area (TPSA) is 58.6 Å². The first kappa shape index (κ1) is 18.5. The molecule has 1 N–H and O–H groups in total. The second kappa shape index (κ2) is 7.65. The van der Waals surface area contributed by atoms with Gasteiger partial charge >= 0.3 is 0 Å². The Hall–Kier alpha value is -2.84. The van der Waals surface area contributed by atoms with Gasteiger partial charge in [0.05, 0.1) is 18.1 Å². The number of nitrogens with zero attached hydrogens (tertiary/aromatic N) is 1. The third kappa shape index (κ3) is 3.74. The molecule has 144 valence electrons. The van der Waals surface area contributed by atoms with Gasteiger partial charge in [-0.1, -0.05) is 0 Å². The second-order valence-electron chi connectivity index (χ2n) is 6.35. The number of morpholine rings is 1. The van der Waals surface area contributed by atoms with E-state index in [0.717, 1.165) is 22.2 Å². The molecule has 0 atom stereocenters. The molecule has 4 rings (SSSR count). The number of halogens is 2. The van der Waals surface area contributed by atoms with E-state index in [4.69, 9.17) is 4.74 Å². The van der Waals surface area contributed by atoms with Gasteiger partial charge in [-0.2, -0.15) is 0 Å². The summed E-state index contributed by atoms with van der Waals surface area (Å²) in [7, 11) is 0. The minimum Gasteiger partial charge on any atom is -0.378 e. The van der Waals surface area contributed by atoms with Crippen molar-refractivity contribution in [2.45, 2.75) is 0 Å². The van der Waals surface area contributed by atoms with Crippen molar-refractivity contribution in [1.82, 2.24) is 4.90 Å². The monoisotopic (exact) mass is 402 g/mol. The zero-order chi connectivity index (χ0) is 19.7. The molecule has 1 aliphatic rings. The molecule has 2 aromatic carbocycles. The van der Waals surface area contributed by atoms with Crippen LogP contribution in [0.25, 0.3) is 10.1 Å². The lowest BCUT2D eigenvalue weighted by atomic mass is 10.2.